The maximum absolute atomic E-state index is 11.4. The Morgan fingerprint density at radius 2 is 2.11 bits per heavy atom. The molecule has 92 valence electrons. The summed E-state index contributed by atoms with van der Waals surface area (Å²) in [5.74, 6) is 0. The Labute approximate surface area is 107 Å². The minimum Gasteiger partial charge on any atom is -0.297 e. The van der Waals surface area contributed by atoms with Crippen LogP contribution in [0.1, 0.15) is 5.56 Å². The zero-order valence-electron chi connectivity index (χ0n) is 9.91. The van der Waals surface area contributed by atoms with E-state index in [2.05, 4.69) is 15.3 Å². The zero-order valence-corrected chi connectivity index (χ0v) is 10.7. The van der Waals surface area contributed by atoms with Gasteiger partial charge in [-0.2, -0.15) is 5.10 Å². The van der Waals surface area contributed by atoms with Gasteiger partial charge in [0.15, 0.2) is 5.15 Å². The third-order valence-electron chi connectivity index (χ3n) is 3.11. The summed E-state index contributed by atoms with van der Waals surface area (Å²) < 4.78 is 1.72. The van der Waals surface area contributed by atoms with Gasteiger partial charge in [-0.15, -0.1) is 0 Å². The number of rotatable bonds is 1. The topological polar surface area (TPSA) is 66.5 Å². The van der Waals surface area contributed by atoms with Crippen LogP contribution in [0.5, 0.6) is 0 Å². The van der Waals surface area contributed by atoms with E-state index in [4.69, 9.17) is 11.6 Å². The molecule has 2 aromatic heterocycles. The van der Waals surface area contributed by atoms with Crippen LogP contribution in [0.3, 0.4) is 0 Å². The maximum Gasteiger partial charge on any atom is 0.267 e. The van der Waals surface area contributed by atoms with Gasteiger partial charge < -0.3 is 0 Å². The molecule has 6 heteroatoms. The smallest absolute Gasteiger partial charge is 0.267 e. The molecule has 2 N–H and O–H groups in total. The first-order valence-electron chi connectivity index (χ1n) is 5.48. The molecule has 0 aliphatic rings. The molecule has 0 aliphatic carbocycles. The highest BCUT2D eigenvalue weighted by atomic mass is 35.5. The average Bonchev–Trinajstić information content (AvgIpc) is 2.82. The van der Waals surface area contributed by atoms with Crippen LogP contribution in [0.15, 0.2) is 23.0 Å². The van der Waals surface area contributed by atoms with Crippen LogP contribution >= 0.6 is 11.6 Å². The highest BCUT2D eigenvalue weighted by molar-refractivity contribution is 6.34. The standard InChI is InChI=1S/C12H11ClN4O/c1-6-10(14-15-12(6)18)7-3-4-8-9(5-7)17(2)16-11(8)13/h3-5H,1-2H3,(H2,14,15,18). The van der Waals surface area contributed by atoms with E-state index in [9.17, 15) is 4.79 Å². The minimum absolute atomic E-state index is 0.104. The van der Waals surface area contributed by atoms with Gasteiger partial charge in [-0.3, -0.25) is 19.7 Å². The van der Waals surface area contributed by atoms with Gasteiger partial charge in [-0.05, 0) is 19.1 Å². The van der Waals surface area contributed by atoms with Crippen LogP contribution in [0.2, 0.25) is 5.15 Å². The number of H-pyrrole nitrogens is 2. The van der Waals surface area contributed by atoms with Crippen molar-refractivity contribution in [2.24, 2.45) is 7.05 Å². The number of nitrogens with zero attached hydrogens (tertiary/aromatic N) is 2. The molecule has 5 nitrogen and oxygen atoms in total. The molecule has 0 saturated heterocycles. The third kappa shape index (κ3) is 1.48. The first kappa shape index (κ1) is 11.1. The molecule has 0 atom stereocenters. The molecule has 0 spiro atoms. The van der Waals surface area contributed by atoms with Crippen LogP contribution < -0.4 is 5.56 Å². The fourth-order valence-electron chi connectivity index (χ4n) is 2.08. The summed E-state index contributed by atoms with van der Waals surface area (Å²) in [5, 5.41) is 11.0. The Morgan fingerprint density at radius 3 is 2.78 bits per heavy atom. The summed E-state index contributed by atoms with van der Waals surface area (Å²) in [5.41, 5.74) is 3.21. The number of fused-ring (bicyclic) bond motifs is 1. The van der Waals surface area contributed by atoms with Crippen molar-refractivity contribution in [1.82, 2.24) is 20.0 Å². The fraction of sp³-hybridized carbons (Fsp3) is 0.167. The van der Waals surface area contributed by atoms with E-state index >= 15 is 0 Å². The lowest BCUT2D eigenvalue weighted by Gasteiger charge is -2.01. The molecule has 1 aromatic carbocycles. The number of hydrogen-bond donors (Lipinski definition) is 2. The van der Waals surface area contributed by atoms with Gasteiger partial charge in [0.2, 0.25) is 0 Å². The molecule has 0 unspecified atom stereocenters. The molecule has 0 bridgehead atoms. The van der Waals surface area contributed by atoms with Crippen molar-refractivity contribution in [3.63, 3.8) is 0 Å². The Morgan fingerprint density at radius 1 is 1.33 bits per heavy atom. The van der Waals surface area contributed by atoms with Crippen molar-refractivity contribution in [3.8, 4) is 11.3 Å². The highest BCUT2D eigenvalue weighted by Gasteiger charge is 2.11. The second kappa shape index (κ2) is 3.74. The lowest BCUT2D eigenvalue weighted by Crippen LogP contribution is -2.00. The van der Waals surface area contributed by atoms with Gasteiger partial charge in [0, 0.05) is 23.6 Å². The fourth-order valence-corrected chi connectivity index (χ4v) is 2.35. The van der Waals surface area contributed by atoms with Crippen LogP contribution in [0.4, 0.5) is 0 Å². The normalized spacial score (nSPS) is 11.3. The van der Waals surface area contributed by atoms with Crippen LogP contribution in [0, 0.1) is 6.92 Å². The minimum atomic E-state index is -0.104. The van der Waals surface area contributed by atoms with Gasteiger partial charge in [0.1, 0.15) is 0 Å². The summed E-state index contributed by atoms with van der Waals surface area (Å²) >= 11 is 6.02. The lowest BCUT2D eigenvalue weighted by molar-refractivity contribution is 0.797. The number of hydrogen-bond acceptors (Lipinski definition) is 2. The van der Waals surface area contributed by atoms with Gasteiger partial charge >= 0.3 is 0 Å². The SMILES string of the molecule is Cc1c(-c2ccc3c(Cl)nn(C)c3c2)[nH][nH]c1=O. The summed E-state index contributed by atoms with van der Waals surface area (Å²) in [6.45, 7) is 1.78. The summed E-state index contributed by atoms with van der Waals surface area (Å²) in [4.78, 5) is 11.4. The van der Waals surface area contributed by atoms with Gasteiger partial charge in [0.05, 0.1) is 11.2 Å². The predicted molar refractivity (Wildman–Crippen MR) is 70.9 cm³/mol. The summed E-state index contributed by atoms with van der Waals surface area (Å²) in [6, 6.07) is 5.78. The average molecular weight is 263 g/mol. The Kier molecular flexibility index (Phi) is 2.31. The first-order chi connectivity index (χ1) is 8.58. The van der Waals surface area contributed by atoms with Crippen molar-refractivity contribution >= 4 is 22.5 Å². The zero-order chi connectivity index (χ0) is 12.9. The van der Waals surface area contributed by atoms with Crippen molar-refractivity contribution in [2.75, 3.05) is 0 Å². The van der Waals surface area contributed by atoms with E-state index in [1.807, 2.05) is 25.2 Å². The van der Waals surface area contributed by atoms with Gasteiger partial charge in [0.25, 0.3) is 5.56 Å². The molecule has 0 saturated carbocycles. The molecule has 2 heterocycles. The predicted octanol–water partition coefficient (Wildman–Crippen LogP) is 2.22. The van der Waals surface area contributed by atoms with Gasteiger partial charge in [-0.25, -0.2) is 0 Å². The largest absolute Gasteiger partial charge is 0.297 e. The molecular weight excluding hydrogens is 252 g/mol. The lowest BCUT2D eigenvalue weighted by atomic mass is 10.1. The highest BCUT2D eigenvalue weighted by Crippen LogP contribution is 2.27. The number of nitrogens with one attached hydrogen (secondary N) is 2. The molecule has 3 rings (SSSR count). The number of aromatic nitrogens is 4. The molecule has 0 radical (unpaired) electrons. The van der Waals surface area contributed by atoms with Crippen molar-refractivity contribution in [1.29, 1.82) is 0 Å². The van der Waals surface area contributed by atoms with Gasteiger partial charge in [-0.1, -0.05) is 17.7 Å². The van der Waals surface area contributed by atoms with Crippen molar-refractivity contribution < 1.29 is 0 Å². The second-order valence-corrected chi connectivity index (χ2v) is 4.58. The van der Waals surface area contributed by atoms with E-state index < -0.39 is 0 Å². The summed E-state index contributed by atoms with van der Waals surface area (Å²) in [7, 11) is 1.84. The van der Waals surface area contributed by atoms with Crippen molar-refractivity contribution in [3.05, 3.63) is 39.3 Å². The van der Waals surface area contributed by atoms with E-state index in [1.165, 1.54) is 0 Å². The quantitative estimate of drug-likeness (QED) is 0.706. The van der Waals surface area contributed by atoms with Crippen LogP contribution in [0.25, 0.3) is 22.2 Å². The second-order valence-electron chi connectivity index (χ2n) is 4.23. The molecule has 0 fully saturated rings. The molecule has 0 aliphatic heterocycles. The van der Waals surface area contributed by atoms with Crippen LogP contribution in [-0.4, -0.2) is 20.0 Å². The van der Waals surface area contributed by atoms with E-state index in [0.717, 1.165) is 22.2 Å². The number of halogens is 1. The monoisotopic (exact) mass is 262 g/mol. The summed E-state index contributed by atoms with van der Waals surface area (Å²) in [6.07, 6.45) is 0. The molecular formula is C12H11ClN4O. The van der Waals surface area contributed by atoms with E-state index in [1.54, 1.807) is 11.6 Å². The molecule has 3 aromatic rings. The van der Waals surface area contributed by atoms with Crippen LogP contribution in [-0.2, 0) is 7.05 Å². The Hall–Kier alpha value is -2.01. The van der Waals surface area contributed by atoms with Crippen molar-refractivity contribution in [2.45, 2.75) is 6.92 Å². The Balaban J connectivity index is 2.28. The number of aryl methyl sites for hydroxylation is 1. The molecule has 0 amide bonds. The van der Waals surface area contributed by atoms with E-state index in [0.29, 0.717) is 10.7 Å². The maximum atomic E-state index is 11.4. The third-order valence-corrected chi connectivity index (χ3v) is 3.39. The number of benzene rings is 1. The first-order valence-corrected chi connectivity index (χ1v) is 5.85. The number of aromatic amines is 2. The Bertz CT molecular complexity index is 796. The van der Waals surface area contributed by atoms with E-state index in [-0.39, 0.29) is 5.56 Å². The molecule has 18 heavy (non-hydrogen) atoms.